The number of ketones is 1. The third-order valence-electron chi connectivity index (χ3n) is 4.14. The molecule has 0 amide bonds. The van der Waals surface area contributed by atoms with Crippen LogP contribution in [0.15, 0.2) is 0 Å². The number of likely N-dealkylation sites (N-methyl/N-ethyl adjacent to an activating group) is 1. The summed E-state index contributed by atoms with van der Waals surface area (Å²) in [5.41, 5.74) is 0.264. The number of rotatable bonds is 4. The van der Waals surface area contributed by atoms with Gasteiger partial charge in [0.25, 0.3) is 0 Å². The number of likely N-dealkylation sites (tertiary alicyclic amines) is 1. The zero-order chi connectivity index (χ0) is 16.3. The highest BCUT2D eigenvalue weighted by atomic mass is 16.5. The Balaban J connectivity index is 0.000000489. The van der Waals surface area contributed by atoms with E-state index in [0.717, 1.165) is 45.6 Å². The van der Waals surface area contributed by atoms with Crippen LogP contribution in [0, 0.1) is 5.41 Å². The first kappa shape index (κ1) is 20.6. The molecule has 0 bridgehead atoms. The van der Waals surface area contributed by atoms with Gasteiger partial charge in [-0.15, -0.1) is 0 Å². The molecular formula is C17H35NO3. The van der Waals surface area contributed by atoms with Crippen molar-refractivity contribution in [1.29, 1.82) is 0 Å². The second kappa shape index (κ2) is 11.2. The Kier molecular flexibility index (Phi) is 10.9. The molecule has 4 nitrogen and oxygen atoms in total. The van der Waals surface area contributed by atoms with Gasteiger partial charge in [-0.05, 0) is 26.3 Å². The molecule has 1 atom stereocenters. The molecule has 2 aliphatic rings. The SMILES string of the molecule is CC.CCC(=O)C1N(C)CC12CCOCC2.CCCOC. The quantitative estimate of drug-likeness (QED) is 0.799. The van der Waals surface area contributed by atoms with Crippen LogP contribution in [0.2, 0.25) is 0 Å². The zero-order valence-corrected chi connectivity index (χ0v) is 14.9. The standard InChI is InChI=1S/C11H19NO2.C4H10O.C2H6/c1-3-9(13)10-11(8-12(10)2)4-6-14-7-5-11;1-3-4-5-2;1-2/h10H,3-8H2,1-2H3;3-4H2,1-2H3;1-2H3. The Labute approximate surface area is 131 Å². The topological polar surface area (TPSA) is 38.8 Å². The van der Waals surface area contributed by atoms with E-state index in [2.05, 4.69) is 18.9 Å². The van der Waals surface area contributed by atoms with Gasteiger partial charge < -0.3 is 9.47 Å². The first-order chi connectivity index (χ1) is 10.1. The molecule has 0 aromatic rings. The van der Waals surface area contributed by atoms with Gasteiger partial charge in [0.15, 0.2) is 0 Å². The van der Waals surface area contributed by atoms with E-state index >= 15 is 0 Å². The van der Waals surface area contributed by atoms with Crippen molar-refractivity contribution < 1.29 is 14.3 Å². The normalized spacial score (nSPS) is 23.2. The number of methoxy groups -OCH3 is 1. The van der Waals surface area contributed by atoms with Crippen molar-refractivity contribution in [1.82, 2.24) is 4.90 Å². The van der Waals surface area contributed by atoms with Crippen LogP contribution in [0.5, 0.6) is 0 Å². The van der Waals surface area contributed by atoms with E-state index in [-0.39, 0.29) is 11.5 Å². The van der Waals surface area contributed by atoms with E-state index in [1.165, 1.54) is 0 Å². The van der Waals surface area contributed by atoms with E-state index in [1.807, 2.05) is 20.8 Å². The molecule has 1 unspecified atom stereocenters. The van der Waals surface area contributed by atoms with E-state index in [1.54, 1.807) is 7.11 Å². The zero-order valence-electron chi connectivity index (χ0n) is 14.9. The Morgan fingerprint density at radius 2 is 1.86 bits per heavy atom. The second-order valence-corrected chi connectivity index (χ2v) is 5.61. The van der Waals surface area contributed by atoms with Crippen LogP contribution in [0.1, 0.15) is 53.4 Å². The molecule has 4 heteroatoms. The average Bonchev–Trinajstić information content (AvgIpc) is 2.51. The van der Waals surface area contributed by atoms with Crippen molar-refractivity contribution in [3.63, 3.8) is 0 Å². The van der Waals surface area contributed by atoms with Crippen molar-refractivity contribution in [3.05, 3.63) is 0 Å². The van der Waals surface area contributed by atoms with Crippen LogP contribution in [0.4, 0.5) is 0 Å². The van der Waals surface area contributed by atoms with Crippen LogP contribution in [0.25, 0.3) is 0 Å². The Bertz CT molecular complexity index is 268. The van der Waals surface area contributed by atoms with Gasteiger partial charge in [-0.3, -0.25) is 9.69 Å². The molecular weight excluding hydrogens is 266 g/mol. The van der Waals surface area contributed by atoms with E-state index in [0.29, 0.717) is 12.2 Å². The third-order valence-corrected chi connectivity index (χ3v) is 4.14. The highest BCUT2D eigenvalue weighted by Gasteiger charge is 2.53. The minimum atomic E-state index is 0.177. The van der Waals surface area contributed by atoms with Crippen molar-refractivity contribution >= 4 is 5.78 Å². The van der Waals surface area contributed by atoms with Crippen LogP contribution in [-0.2, 0) is 14.3 Å². The summed E-state index contributed by atoms with van der Waals surface area (Å²) in [4.78, 5) is 14.0. The number of ether oxygens (including phenoxy) is 2. The van der Waals surface area contributed by atoms with Gasteiger partial charge in [0.2, 0.25) is 0 Å². The Hall–Kier alpha value is -0.450. The van der Waals surface area contributed by atoms with Crippen LogP contribution in [-0.4, -0.2) is 57.2 Å². The van der Waals surface area contributed by atoms with Gasteiger partial charge in [-0.1, -0.05) is 27.7 Å². The van der Waals surface area contributed by atoms with Crippen molar-refractivity contribution in [2.45, 2.75) is 59.4 Å². The van der Waals surface area contributed by atoms with Crippen LogP contribution >= 0.6 is 0 Å². The molecule has 0 radical (unpaired) electrons. The first-order valence-electron chi connectivity index (χ1n) is 8.41. The molecule has 2 saturated heterocycles. The molecule has 0 N–H and O–H groups in total. The molecule has 0 aliphatic carbocycles. The number of hydrogen-bond acceptors (Lipinski definition) is 4. The number of carbonyl (C=O) groups excluding carboxylic acids is 1. The van der Waals surface area contributed by atoms with Crippen LogP contribution < -0.4 is 0 Å². The maximum Gasteiger partial charge on any atom is 0.150 e. The smallest absolute Gasteiger partial charge is 0.150 e. The summed E-state index contributed by atoms with van der Waals surface area (Å²) < 4.78 is 10.1. The largest absolute Gasteiger partial charge is 0.385 e. The summed E-state index contributed by atoms with van der Waals surface area (Å²) in [6, 6.07) is 0.177. The predicted octanol–water partition coefficient (Wildman–Crippen LogP) is 3.15. The Morgan fingerprint density at radius 1 is 1.29 bits per heavy atom. The lowest BCUT2D eigenvalue weighted by molar-refractivity contribution is -0.154. The molecule has 0 saturated carbocycles. The monoisotopic (exact) mass is 301 g/mol. The number of Topliss-reactive ketones (excluding diaryl/α,β-unsaturated/α-hetero) is 1. The molecule has 2 aliphatic heterocycles. The molecule has 21 heavy (non-hydrogen) atoms. The minimum absolute atomic E-state index is 0.177. The number of hydrogen-bond donors (Lipinski definition) is 0. The van der Waals surface area contributed by atoms with Crippen molar-refractivity contribution in [2.75, 3.05) is 40.5 Å². The highest BCUT2D eigenvalue weighted by Crippen LogP contribution is 2.45. The lowest BCUT2D eigenvalue weighted by Crippen LogP contribution is -2.67. The summed E-state index contributed by atoms with van der Waals surface area (Å²) in [5.74, 6) is 0.403. The van der Waals surface area contributed by atoms with Crippen molar-refractivity contribution in [3.8, 4) is 0 Å². The average molecular weight is 301 g/mol. The molecule has 1 spiro atoms. The molecule has 0 aromatic carbocycles. The van der Waals surface area contributed by atoms with Crippen molar-refractivity contribution in [2.24, 2.45) is 5.41 Å². The summed E-state index contributed by atoms with van der Waals surface area (Å²) in [5, 5.41) is 0. The summed E-state index contributed by atoms with van der Waals surface area (Å²) >= 11 is 0. The predicted molar refractivity (Wildman–Crippen MR) is 87.7 cm³/mol. The summed E-state index contributed by atoms with van der Waals surface area (Å²) in [7, 11) is 3.77. The first-order valence-corrected chi connectivity index (χ1v) is 8.41. The lowest BCUT2D eigenvalue weighted by Gasteiger charge is -2.57. The van der Waals surface area contributed by atoms with Gasteiger partial charge in [0.1, 0.15) is 5.78 Å². The van der Waals surface area contributed by atoms with Gasteiger partial charge in [-0.2, -0.15) is 0 Å². The van der Waals surface area contributed by atoms with Gasteiger partial charge in [0, 0.05) is 45.3 Å². The maximum atomic E-state index is 11.8. The molecule has 2 rings (SSSR count). The fraction of sp³-hybridized carbons (Fsp3) is 0.941. The molecule has 126 valence electrons. The van der Waals surface area contributed by atoms with Gasteiger partial charge in [0.05, 0.1) is 6.04 Å². The highest BCUT2D eigenvalue weighted by molar-refractivity contribution is 5.85. The minimum Gasteiger partial charge on any atom is -0.385 e. The molecule has 0 aromatic heterocycles. The number of nitrogens with zero attached hydrogens (tertiary/aromatic N) is 1. The summed E-state index contributed by atoms with van der Waals surface area (Å²) in [6.45, 7) is 11.7. The molecule has 2 fully saturated rings. The molecule has 2 heterocycles. The second-order valence-electron chi connectivity index (χ2n) is 5.61. The maximum absolute atomic E-state index is 11.8. The van der Waals surface area contributed by atoms with E-state index in [4.69, 9.17) is 9.47 Å². The van der Waals surface area contributed by atoms with E-state index in [9.17, 15) is 4.79 Å². The number of carbonyl (C=O) groups is 1. The van der Waals surface area contributed by atoms with E-state index < -0.39 is 0 Å². The Morgan fingerprint density at radius 3 is 2.19 bits per heavy atom. The van der Waals surface area contributed by atoms with Gasteiger partial charge >= 0.3 is 0 Å². The summed E-state index contributed by atoms with van der Waals surface area (Å²) in [6.07, 6.45) is 3.91. The lowest BCUT2D eigenvalue weighted by atomic mass is 9.65. The van der Waals surface area contributed by atoms with Crippen LogP contribution in [0.3, 0.4) is 0 Å². The van der Waals surface area contributed by atoms with Gasteiger partial charge in [-0.25, -0.2) is 0 Å². The fourth-order valence-corrected chi connectivity index (χ4v) is 3.22. The fourth-order valence-electron chi connectivity index (χ4n) is 3.22. The third kappa shape index (κ3) is 5.68.